The largest absolute Gasteiger partial charge is 0.418 e. The molecule has 0 aliphatic heterocycles. The van der Waals surface area contributed by atoms with E-state index >= 15 is 0 Å². The molecule has 132 valence electrons. The number of carbonyl (C=O) groups excluding carboxylic acids is 2. The molecular weight excluding hydrogens is 333 g/mol. The summed E-state index contributed by atoms with van der Waals surface area (Å²) in [7, 11) is 0. The summed E-state index contributed by atoms with van der Waals surface area (Å²) in [5, 5.41) is 4.93. The van der Waals surface area contributed by atoms with Crippen molar-refractivity contribution in [1.82, 2.24) is 5.32 Å². The van der Waals surface area contributed by atoms with Crippen molar-refractivity contribution < 1.29 is 22.8 Å². The van der Waals surface area contributed by atoms with Crippen molar-refractivity contribution in [3.05, 3.63) is 65.2 Å². The highest BCUT2D eigenvalue weighted by molar-refractivity contribution is 6.06. The zero-order valence-corrected chi connectivity index (χ0v) is 13.5. The molecule has 0 radical (unpaired) electrons. The smallest absolute Gasteiger partial charge is 0.352 e. The molecule has 2 aromatic carbocycles. The van der Waals surface area contributed by atoms with Crippen LogP contribution in [-0.2, 0) is 6.18 Å². The van der Waals surface area contributed by atoms with Gasteiger partial charge in [0.1, 0.15) is 0 Å². The Hall–Kier alpha value is -2.83. The van der Waals surface area contributed by atoms with Crippen LogP contribution in [0.5, 0.6) is 0 Å². The molecule has 0 aliphatic carbocycles. The first-order valence-electron chi connectivity index (χ1n) is 7.68. The average Bonchev–Trinajstić information content (AvgIpc) is 2.59. The summed E-state index contributed by atoms with van der Waals surface area (Å²) < 4.78 is 39.0. The fourth-order valence-electron chi connectivity index (χ4n) is 2.18. The summed E-state index contributed by atoms with van der Waals surface area (Å²) in [4.78, 5) is 24.2. The molecule has 0 bridgehead atoms. The summed E-state index contributed by atoms with van der Waals surface area (Å²) in [6.07, 6.45) is -3.81. The van der Waals surface area contributed by atoms with Crippen LogP contribution in [0.15, 0.2) is 48.5 Å². The Bertz CT molecular complexity index is 773. The number of nitrogens with one attached hydrogen (secondary N) is 2. The van der Waals surface area contributed by atoms with Gasteiger partial charge in [0.25, 0.3) is 11.8 Å². The topological polar surface area (TPSA) is 58.2 Å². The number of anilines is 1. The molecule has 0 spiro atoms. The lowest BCUT2D eigenvalue weighted by Crippen LogP contribution is -2.24. The van der Waals surface area contributed by atoms with E-state index in [9.17, 15) is 22.8 Å². The number of para-hydroxylation sites is 1. The first kappa shape index (κ1) is 18.5. The quantitative estimate of drug-likeness (QED) is 0.853. The highest BCUT2D eigenvalue weighted by atomic mass is 19.4. The molecule has 0 saturated heterocycles. The molecule has 0 aromatic heterocycles. The maximum absolute atomic E-state index is 13.0. The third-order valence-electron chi connectivity index (χ3n) is 3.40. The van der Waals surface area contributed by atoms with Crippen LogP contribution in [-0.4, -0.2) is 18.4 Å². The van der Waals surface area contributed by atoms with Crippen LogP contribution in [0.4, 0.5) is 18.9 Å². The van der Waals surface area contributed by atoms with Crippen molar-refractivity contribution in [2.75, 3.05) is 11.9 Å². The van der Waals surface area contributed by atoms with Gasteiger partial charge in [-0.1, -0.05) is 25.1 Å². The van der Waals surface area contributed by atoms with E-state index < -0.39 is 17.6 Å². The molecule has 0 unspecified atom stereocenters. The van der Waals surface area contributed by atoms with Gasteiger partial charge in [-0.2, -0.15) is 13.2 Å². The van der Waals surface area contributed by atoms with E-state index in [-0.39, 0.29) is 22.7 Å². The molecule has 7 heteroatoms. The fraction of sp³-hybridized carbons (Fsp3) is 0.222. The van der Waals surface area contributed by atoms with E-state index in [4.69, 9.17) is 0 Å². The Morgan fingerprint density at radius 1 is 0.960 bits per heavy atom. The van der Waals surface area contributed by atoms with E-state index in [0.29, 0.717) is 6.54 Å². The zero-order valence-electron chi connectivity index (χ0n) is 13.5. The lowest BCUT2D eigenvalue weighted by atomic mass is 10.1. The maximum atomic E-state index is 13.0. The fourth-order valence-corrected chi connectivity index (χ4v) is 2.18. The van der Waals surface area contributed by atoms with Gasteiger partial charge < -0.3 is 10.6 Å². The number of hydrogen-bond donors (Lipinski definition) is 2. The highest BCUT2D eigenvalue weighted by Crippen LogP contribution is 2.34. The summed E-state index contributed by atoms with van der Waals surface area (Å²) in [5.41, 5.74) is -0.896. The van der Waals surface area contributed by atoms with Crippen molar-refractivity contribution in [3.8, 4) is 0 Å². The molecule has 4 nitrogen and oxygen atoms in total. The Kier molecular flexibility index (Phi) is 5.80. The lowest BCUT2D eigenvalue weighted by molar-refractivity contribution is -0.136. The van der Waals surface area contributed by atoms with E-state index in [2.05, 4.69) is 10.6 Å². The predicted molar refractivity (Wildman–Crippen MR) is 88.5 cm³/mol. The van der Waals surface area contributed by atoms with Gasteiger partial charge in [0.2, 0.25) is 0 Å². The van der Waals surface area contributed by atoms with Crippen LogP contribution in [0.25, 0.3) is 0 Å². The van der Waals surface area contributed by atoms with E-state index in [1.165, 1.54) is 42.5 Å². The standard InChI is InChI=1S/C18H17F3N2O2/c1-2-10-22-16(24)12-6-5-7-13(11-12)17(25)23-15-9-4-3-8-14(15)18(19,20)21/h3-9,11H,2,10H2,1H3,(H,22,24)(H,23,25). The minimum absolute atomic E-state index is 0.0983. The number of hydrogen-bond acceptors (Lipinski definition) is 2. The Morgan fingerprint density at radius 2 is 1.60 bits per heavy atom. The number of amides is 2. The normalized spacial score (nSPS) is 11.0. The molecular formula is C18H17F3N2O2. The zero-order chi connectivity index (χ0) is 18.4. The van der Waals surface area contributed by atoms with Gasteiger partial charge in [-0.3, -0.25) is 9.59 Å². The number of alkyl halides is 3. The van der Waals surface area contributed by atoms with E-state index in [0.717, 1.165) is 12.5 Å². The summed E-state index contributed by atoms with van der Waals surface area (Å²) >= 11 is 0. The minimum Gasteiger partial charge on any atom is -0.352 e. The van der Waals surface area contributed by atoms with Crippen molar-refractivity contribution in [2.24, 2.45) is 0 Å². The molecule has 2 N–H and O–H groups in total. The number of carbonyl (C=O) groups is 2. The number of benzene rings is 2. The Labute approximate surface area is 143 Å². The average molecular weight is 350 g/mol. The van der Waals surface area contributed by atoms with Gasteiger partial charge in [0, 0.05) is 17.7 Å². The van der Waals surface area contributed by atoms with Crippen LogP contribution in [0.1, 0.15) is 39.6 Å². The van der Waals surface area contributed by atoms with Crippen LogP contribution >= 0.6 is 0 Å². The van der Waals surface area contributed by atoms with Crippen LogP contribution in [0.2, 0.25) is 0 Å². The molecule has 0 aliphatic rings. The second kappa shape index (κ2) is 7.83. The second-order valence-electron chi connectivity index (χ2n) is 5.33. The van der Waals surface area contributed by atoms with Crippen LogP contribution in [0.3, 0.4) is 0 Å². The SMILES string of the molecule is CCCNC(=O)c1cccc(C(=O)Nc2ccccc2C(F)(F)F)c1. The van der Waals surface area contributed by atoms with Crippen molar-refractivity contribution in [2.45, 2.75) is 19.5 Å². The number of rotatable bonds is 5. The first-order valence-corrected chi connectivity index (χ1v) is 7.68. The monoisotopic (exact) mass is 350 g/mol. The molecule has 2 rings (SSSR count). The van der Waals surface area contributed by atoms with E-state index in [1.54, 1.807) is 0 Å². The summed E-state index contributed by atoms with van der Waals surface area (Å²) in [5.74, 6) is -1.06. The van der Waals surface area contributed by atoms with Gasteiger partial charge in [-0.05, 0) is 36.8 Å². The minimum atomic E-state index is -4.58. The van der Waals surface area contributed by atoms with Crippen molar-refractivity contribution in [1.29, 1.82) is 0 Å². The number of halogens is 3. The first-order chi connectivity index (χ1) is 11.8. The molecule has 25 heavy (non-hydrogen) atoms. The predicted octanol–water partition coefficient (Wildman–Crippen LogP) is 4.10. The van der Waals surface area contributed by atoms with Crippen molar-refractivity contribution >= 4 is 17.5 Å². The van der Waals surface area contributed by atoms with Crippen LogP contribution in [0, 0.1) is 0 Å². The van der Waals surface area contributed by atoms with E-state index in [1.807, 2.05) is 6.92 Å². The van der Waals surface area contributed by atoms with Gasteiger partial charge in [-0.25, -0.2) is 0 Å². The third-order valence-corrected chi connectivity index (χ3v) is 3.40. The van der Waals surface area contributed by atoms with Gasteiger partial charge in [-0.15, -0.1) is 0 Å². The lowest BCUT2D eigenvalue weighted by Gasteiger charge is -2.13. The maximum Gasteiger partial charge on any atom is 0.418 e. The molecule has 0 heterocycles. The van der Waals surface area contributed by atoms with Gasteiger partial charge in [0.15, 0.2) is 0 Å². The second-order valence-corrected chi connectivity index (χ2v) is 5.33. The molecule has 0 atom stereocenters. The third kappa shape index (κ3) is 4.82. The van der Waals surface area contributed by atoms with Crippen LogP contribution < -0.4 is 10.6 Å². The van der Waals surface area contributed by atoms with Gasteiger partial charge >= 0.3 is 6.18 Å². The van der Waals surface area contributed by atoms with Gasteiger partial charge in [0.05, 0.1) is 11.3 Å². The Morgan fingerprint density at radius 3 is 2.24 bits per heavy atom. The van der Waals surface area contributed by atoms with Crippen molar-refractivity contribution in [3.63, 3.8) is 0 Å². The molecule has 2 amide bonds. The Balaban J connectivity index is 2.21. The molecule has 0 fully saturated rings. The molecule has 0 saturated carbocycles. The molecule has 2 aromatic rings. The summed E-state index contributed by atoms with van der Waals surface area (Å²) in [6, 6.07) is 10.5. The summed E-state index contributed by atoms with van der Waals surface area (Å²) in [6.45, 7) is 2.40. The highest BCUT2D eigenvalue weighted by Gasteiger charge is 2.33.